The standard InChI is InChI=1S/C10H7BrClF4NO3S/c1-17(4-10(14,15)16)9(18)5-2-8(21(12,19)20)6(11)3-7(5)13/h2-3H,4H2,1H3. The Kier molecular flexibility index (Phi) is 5.27. The summed E-state index contributed by atoms with van der Waals surface area (Å²) in [6, 6.07) is 1.22. The number of alkyl halides is 3. The summed E-state index contributed by atoms with van der Waals surface area (Å²) in [6.45, 7) is -1.61. The SMILES string of the molecule is CN(CC(F)(F)F)C(=O)c1cc(S(=O)(=O)Cl)c(Br)cc1F. The van der Waals surface area contributed by atoms with Crippen molar-refractivity contribution in [3.05, 3.63) is 28.0 Å². The number of carbonyl (C=O) groups excluding carboxylic acids is 1. The van der Waals surface area contributed by atoms with Gasteiger partial charge in [0.2, 0.25) is 0 Å². The van der Waals surface area contributed by atoms with E-state index in [1.807, 2.05) is 0 Å². The molecule has 0 atom stereocenters. The lowest BCUT2D eigenvalue weighted by Gasteiger charge is -2.19. The molecule has 0 aromatic heterocycles. The highest BCUT2D eigenvalue weighted by Crippen LogP contribution is 2.29. The molecule has 1 rings (SSSR count). The lowest BCUT2D eigenvalue weighted by atomic mass is 10.2. The van der Waals surface area contributed by atoms with E-state index in [4.69, 9.17) is 10.7 Å². The van der Waals surface area contributed by atoms with E-state index in [2.05, 4.69) is 15.9 Å². The van der Waals surface area contributed by atoms with Gasteiger partial charge in [0.15, 0.2) is 0 Å². The zero-order chi connectivity index (χ0) is 16.6. The fraction of sp³-hybridized carbons (Fsp3) is 0.300. The zero-order valence-corrected chi connectivity index (χ0v) is 13.4. The summed E-state index contributed by atoms with van der Waals surface area (Å²) in [4.78, 5) is 11.4. The van der Waals surface area contributed by atoms with E-state index in [9.17, 15) is 30.8 Å². The fourth-order valence-electron chi connectivity index (χ4n) is 1.43. The van der Waals surface area contributed by atoms with Gasteiger partial charge in [-0.1, -0.05) is 0 Å². The fourth-order valence-corrected chi connectivity index (χ4v) is 3.59. The average molecular weight is 413 g/mol. The predicted molar refractivity (Wildman–Crippen MR) is 70.2 cm³/mol. The van der Waals surface area contributed by atoms with Gasteiger partial charge in [-0.05, 0) is 28.1 Å². The van der Waals surface area contributed by atoms with Gasteiger partial charge < -0.3 is 4.90 Å². The molecular formula is C10H7BrClF4NO3S. The number of halogens is 6. The quantitative estimate of drug-likeness (QED) is 0.566. The van der Waals surface area contributed by atoms with Crippen LogP contribution in [0.5, 0.6) is 0 Å². The van der Waals surface area contributed by atoms with Gasteiger partial charge in [0.1, 0.15) is 12.4 Å². The first kappa shape index (κ1) is 18.2. The molecule has 0 fully saturated rings. The molecule has 0 N–H and O–H groups in total. The van der Waals surface area contributed by atoms with E-state index in [0.29, 0.717) is 12.1 Å². The lowest BCUT2D eigenvalue weighted by Crippen LogP contribution is -2.36. The molecule has 0 saturated heterocycles. The molecule has 0 spiro atoms. The first-order valence-corrected chi connectivity index (χ1v) is 8.19. The predicted octanol–water partition coefficient (Wildman–Crippen LogP) is 3.15. The van der Waals surface area contributed by atoms with Crippen LogP contribution in [0.1, 0.15) is 10.4 Å². The van der Waals surface area contributed by atoms with E-state index in [1.165, 1.54) is 0 Å². The van der Waals surface area contributed by atoms with Crippen molar-refractivity contribution in [1.82, 2.24) is 4.90 Å². The molecule has 0 aliphatic rings. The van der Waals surface area contributed by atoms with Crippen LogP contribution in [0.25, 0.3) is 0 Å². The van der Waals surface area contributed by atoms with Gasteiger partial charge >= 0.3 is 6.18 Å². The summed E-state index contributed by atoms with van der Waals surface area (Å²) in [5, 5.41) is 0. The average Bonchev–Trinajstić information content (AvgIpc) is 2.23. The third kappa shape index (κ3) is 4.82. The van der Waals surface area contributed by atoms with E-state index in [1.54, 1.807) is 0 Å². The van der Waals surface area contributed by atoms with E-state index < -0.39 is 44.0 Å². The van der Waals surface area contributed by atoms with Crippen molar-refractivity contribution < 1.29 is 30.8 Å². The second-order valence-electron chi connectivity index (χ2n) is 3.98. The van der Waals surface area contributed by atoms with Crippen LogP contribution < -0.4 is 0 Å². The Morgan fingerprint density at radius 1 is 1.38 bits per heavy atom. The van der Waals surface area contributed by atoms with Gasteiger partial charge in [-0.3, -0.25) is 4.79 Å². The molecule has 1 aromatic rings. The Bertz CT molecular complexity index is 678. The molecule has 1 aromatic carbocycles. The van der Waals surface area contributed by atoms with Crippen LogP contribution in [0, 0.1) is 5.82 Å². The van der Waals surface area contributed by atoms with E-state index >= 15 is 0 Å². The van der Waals surface area contributed by atoms with Crippen LogP contribution in [0.15, 0.2) is 21.5 Å². The van der Waals surface area contributed by atoms with Crippen molar-refractivity contribution in [2.75, 3.05) is 13.6 Å². The Morgan fingerprint density at radius 3 is 2.33 bits per heavy atom. The van der Waals surface area contributed by atoms with E-state index in [-0.39, 0.29) is 9.37 Å². The highest BCUT2D eigenvalue weighted by molar-refractivity contribution is 9.10. The van der Waals surface area contributed by atoms with Crippen LogP contribution in [0.2, 0.25) is 0 Å². The zero-order valence-electron chi connectivity index (χ0n) is 10.2. The molecule has 0 aliphatic heterocycles. The molecule has 1 amide bonds. The molecule has 4 nitrogen and oxygen atoms in total. The van der Waals surface area contributed by atoms with Crippen molar-refractivity contribution in [2.45, 2.75) is 11.1 Å². The third-order valence-corrected chi connectivity index (χ3v) is 4.56. The van der Waals surface area contributed by atoms with Crippen LogP contribution in [0.4, 0.5) is 17.6 Å². The normalized spacial score (nSPS) is 12.3. The molecule has 0 bridgehead atoms. The van der Waals surface area contributed by atoms with E-state index in [0.717, 1.165) is 7.05 Å². The molecule has 118 valence electrons. The van der Waals surface area contributed by atoms with Crippen molar-refractivity contribution >= 4 is 41.6 Å². The topological polar surface area (TPSA) is 54.5 Å². The van der Waals surface area contributed by atoms with Gasteiger partial charge in [-0.15, -0.1) is 0 Å². The van der Waals surface area contributed by atoms with Crippen LogP contribution >= 0.6 is 26.6 Å². The molecule has 0 saturated carbocycles. The Morgan fingerprint density at radius 2 is 1.90 bits per heavy atom. The number of hydrogen-bond acceptors (Lipinski definition) is 3. The number of benzene rings is 1. The molecule has 0 radical (unpaired) electrons. The van der Waals surface area contributed by atoms with Gasteiger partial charge in [0.05, 0.1) is 10.5 Å². The molecule has 0 aliphatic carbocycles. The van der Waals surface area contributed by atoms with Crippen molar-refractivity contribution in [1.29, 1.82) is 0 Å². The Labute approximate surface area is 130 Å². The summed E-state index contributed by atoms with van der Waals surface area (Å²) < 4.78 is 72.5. The highest BCUT2D eigenvalue weighted by atomic mass is 79.9. The minimum atomic E-state index is -4.67. The summed E-state index contributed by atoms with van der Waals surface area (Å²) in [7, 11) is 1.60. The number of amides is 1. The number of carbonyl (C=O) groups is 1. The first-order valence-electron chi connectivity index (χ1n) is 5.09. The molecule has 0 unspecified atom stereocenters. The van der Waals surface area contributed by atoms with Gasteiger partial charge in [-0.2, -0.15) is 13.2 Å². The summed E-state index contributed by atoms with van der Waals surface area (Å²) in [5.74, 6) is -2.50. The molecule has 0 heterocycles. The van der Waals surface area contributed by atoms with Crippen LogP contribution in [-0.4, -0.2) is 39.0 Å². The monoisotopic (exact) mass is 411 g/mol. The minimum absolute atomic E-state index is 0.219. The van der Waals surface area contributed by atoms with Crippen molar-refractivity contribution in [3.8, 4) is 0 Å². The number of hydrogen-bond donors (Lipinski definition) is 0. The van der Waals surface area contributed by atoms with Crippen LogP contribution in [-0.2, 0) is 9.05 Å². The molecular weight excluding hydrogens is 406 g/mol. The molecule has 11 heteroatoms. The maximum atomic E-state index is 13.7. The second-order valence-corrected chi connectivity index (χ2v) is 7.37. The summed E-state index contributed by atoms with van der Waals surface area (Å²) in [6.07, 6.45) is -4.67. The Hall–Kier alpha value is -0.870. The lowest BCUT2D eigenvalue weighted by molar-refractivity contribution is -0.138. The maximum absolute atomic E-state index is 13.7. The van der Waals surface area contributed by atoms with Crippen molar-refractivity contribution in [2.24, 2.45) is 0 Å². The Balaban J connectivity index is 3.28. The maximum Gasteiger partial charge on any atom is 0.406 e. The minimum Gasteiger partial charge on any atom is -0.333 e. The van der Waals surface area contributed by atoms with Gasteiger partial charge in [0, 0.05) is 22.2 Å². The summed E-state index contributed by atoms with van der Waals surface area (Å²) in [5.41, 5.74) is -0.829. The third-order valence-electron chi connectivity index (χ3n) is 2.28. The van der Waals surface area contributed by atoms with Crippen molar-refractivity contribution in [3.63, 3.8) is 0 Å². The number of rotatable bonds is 3. The summed E-state index contributed by atoms with van der Waals surface area (Å²) >= 11 is 2.74. The van der Waals surface area contributed by atoms with Gasteiger partial charge in [0.25, 0.3) is 15.0 Å². The first-order chi connectivity index (χ1) is 9.33. The smallest absolute Gasteiger partial charge is 0.333 e. The number of nitrogens with zero attached hydrogens (tertiary/aromatic N) is 1. The van der Waals surface area contributed by atoms with Crippen LogP contribution in [0.3, 0.4) is 0 Å². The largest absolute Gasteiger partial charge is 0.406 e. The van der Waals surface area contributed by atoms with Gasteiger partial charge in [-0.25, -0.2) is 12.8 Å². The highest BCUT2D eigenvalue weighted by Gasteiger charge is 2.32. The second kappa shape index (κ2) is 6.09. The molecule has 21 heavy (non-hydrogen) atoms.